The number of hydrogen-bond donors (Lipinski definition) is 0. The molecular formula is C12H10N4. The van der Waals surface area contributed by atoms with Crippen LogP contribution in [0.25, 0.3) is 16.9 Å². The third-order valence-corrected chi connectivity index (χ3v) is 2.56. The highest BCUT2D eigenvalue weighted by atomic mass is 15.2. The standard InChI is InChI=1S/C12H10N4/c1-9-11(10-4-2-5-13-8-10)15-16-7-3-6-14-12(9)16/h2-8H,1H3. The van der Waals surface area contributed by atoms with Crippen LogP contribution in [-0.4, -0.2) is 19.6 Å². The molecule has 0 N–H and O–H groups in total. The average Bonchev–Trinajstić information content (AvgIpc) is 2.69. The molecule has 0 aliphatic rings. The smallest absolute Gasteiger partial charge is 0.158 e. The molecule has 0 bridgehead atoms. The zero-order chi connectivity index (χ0) is 11.0. The van der Waals surface area contributed by atoms with Crippen LogP contribution in [0.5, 0.6) is 0 Å². The summed E-state index contributed by atoms with van der Waals surface area (Å²) < 4.78 is 1.79. The van der Waals surface area contributed by atoms with Gasteiger partial charge in [-0.2, -0.15) is 5.10 Å². The Balaban J connectivity index is 2.29. The summed E-state index contributed by atoms with van der Waals surface area (Å²) in [5.41, 5.74) is 3.92. The number of fused-ring (bicyclic) bond motifs is 1. The maximum absolute atomic E-state index is 4.50. The van der Waals surface area contributed by atoms with Gasteiger partial charge < -0.3 is 0 Å². The van der Waals surface area contributed by atoms with Gasteiger partial charge in [-0.15, -0.1) is 0 Å². The van der Waals surface area contributed by atoms with Crippen molar-refractivity contribution >= 4 is 5.65 Å². The fraction of sp³-hybridized carbons (Fsp3) is 0.0833. The van der Waals surface area contributed by atoms with E-state index in [-0.39, 0.29) is 0 Å². The average molecular weight is 210 g/mol. The van der Waals surface area contributed by atoms with Crippen molar-refractivity contribution in [2.75, 3.05) is 0 Å². The predicted molar refractivity (Wildman–Crippen MR) is 61.0 cm³/mol. The van der Waals surface area contributed by atoms with E-state index < -0.39 is 0 Å². The third kappa shape index (κ3) is 1.27. The summed E-state index contributed by atoms with van der Waals surface area (Å²) in [5.74, 6) is 0. The zero-order valence-electron chi connectivity index (χ0n) is 8.83. The molecule has 0 fully saturated rings. The molecule has 3 aromatic rings. The molecule has 3 heterocycles. The van der Waals surface area contributed by atoms with Crippen LogP contribution in [0.2, 0.25) is 0 Å². The number of hydrogen-bond acceptors (Lipinski definition) is 3. The maximum atomic E-state index is 4.50. The Labute approximate surface area is 92.6 Å². The first-order valence-electron chi connectivity index (χ1n) is 5.06. The lowest BCUT2D eigenvalue weighted by molar-refractivity contribution is 0.942. The molecule has 0 atom stereocenters. The lowest BCUT2D eigenvalue weighted by Gasteiger charge is -1.95. The molecule has 0 amide bonds. The van der Waals surface area contributed by atoms with E-state index in [1.54, 1.807) is 16.9 Å². The van der Waals surface area contributed by atoms with Crippen LogP contribution >= 0.6 is 0 Å². The van der Waals surface area contributed by atoms with Gasteiger partial charge in [0.2, 0.25) is 0 Å². The van der Waals surface area contributed by atoms with Crippen molar-refractivity contribution in [2.24, 2.45) is 0 Å². The third-order valence-electron chi connectivity index (χ3n) is 2.56. The van der Waals surface area contributed by atoms with Crippen molar-refractivity contribution in [3.63, 3.8) is 0 Å². The summed E-state index contributed by atoms with van der Waals surface area (Å²) in [6.45, 7) is 2.03. The second-order valence-corrected chi connectivity index (χ2v) is 3.60. The van der Waals surface area contributed by atoms with E-state index in [1.165, 1.54) is 0 Å². The first-order valence-corrected chi connectivity index (χ1v) is 5.06. The molecule has 78 valence electrons. The summed E-state index contributed by atoms with van der Waals surface area (Å²) in [7, 11) is 0. The lowest BCUT2D eigenvalue weighted by atomic mass is 10.1. The van der Waals surface area contributed by atoms with Gasteiger partial charge in [0, 0.05) is 35.9 Å². The van der Waals surface area contributed by atoms with Gasteiger partial charge in [0.1, 0.15) is 0 Å². The van der Waals surface area contributed by atoms with Gasteiger partial charge >= 0.3 is 0 Å². The summed E-state index contributed by atoms with van der Waals surface area (Å²) in [4.78, 5) is 8.41. The molecule has 0 aromatic carbocycles. The first-order chi connectivity index (χ1) is 7.86. The molecule has 0 saturated carbocycles. The van der Waals surface area contributed by atoms with Gasteiger partial charge in [-0.1, -0.05) is 0 Å². The van der Waals surface area contributed by atoms with Gasteiger partial charge in [-0.25, -0.2) is 9.50 Å². The Bertz CT molecular complexity index is 628. The molecule has 0 aliphatic carbocycles. The molecule has 4 nitrogen and oxygen atoms in total. The SMILES string of the molecule is Cc1c(-c2cccnc2)nn2cccnc12. The summed E-state index contributed by atoms with van der Waals surface area (Å²) >= 11 is 0. The van der Waals surface area contributed by atoms with E-state index in [0.29, 0.717) is 0 Å². The highest BCUT2D eigenvalue weighted by molar-refractivity contribution is 5.69. The Morgan fingerprint density at radius 1 is 1.19 bits per heavy atom. The molecular weight excluding hydrogens is 200 g/mol. The highest BCUT2D eigenvalue weighted by Gasteiger charge is 2.10. The number of nitrogens with zero attached hydrogens (tertiary/aromatic N) is 4. The van der Waals surface area contributed by atoms with E-state index in [4.69, 9.17) is 0 Å². The van der Waals surface area contributed by atoms with Crippen LogP contribution in [0.4, 0.5) is 0 Å². The Hall–Kier alpha value is -2.23. The second kappa shape index (κ2) is 3.41. The minimum absolute atomic E-state index is 0.890. The minimum Gasteiger partial charge on any atom is -0.264 e. The second-order valence-electron chi connectivity index (χ2n) is 3.60. The quantitative estimate of drug-likeness (QED) is 0.617. The van der Waals surface area contributed by atoms with Gasteiger partial charge in [0.25, 0.3) is 0 Å². The number of aromatic nitrogens is 4. The van der Waals surface area contributed by atoms with E-state index in [2.05, 4.69) is 15.1 Å². The van der Waals surface area contributed by atoms with Crippen LogP contribution < -0.4 is 0 Å². The van der Waals surface area contributed by atoms with Crippen molar-refractivity contribution in [2.45, 2.75) is 6.92 Å². The van der Waals surface area contributed by atoms with Crippen molar-refractivity contribution in [3.05, 3.63) is 48.5 Å². The van der Waals surface area contributed by atoms with Crippen LogP contribution in [0.1, 0.15) is 5.56 Å². The zero-order valence-corrected chi connectivity index (χ0v) is 8.83. The molecule has 0 aliphatic heterocycles. The largest absolute Gasteiger partial charge is 0.264 e. The van der Waals surface area contributed by atoms with Crippen molar-refractivity contribution in [1.82, 2.24) is 19.6 Å². The number of pyridine rings is 1. The molecule has 4 heteroatoms. The van der Waals surface area contributed by atoms with E-state index in [9.17, 15) is 0 Å². The summed E-state index contributed by atoms with van der Waals surface area (Å²) in [5, 5.41) is 4.50. The van der Waals surface area contributed by atoms with Crippen LogP contribution in [0.15, 0.2) is 43.0 Å². The molecule has 3 aromatic heterocycles. The van der Waals surface area contributed by atoms with Crippen molar-refractivity contribution < 1.29 is 0 Å². The van der Waals surface area contributed by atoms with E-state index in [1.807, 2.05) is 37.5 Å². The molecule has 0 radical (unpaired) electrons. The Morgan fingerprint density at radius 2 is 2.12 bits per heavy atom. The fourth-order valence-electron chi connectivity index (χ4n) is 1.78. The molecule has 0 saturated heterocycles. The molecule has 0 spiro atoms. The van der Waals surface area contributed by atoms with Gasteiger partial charge in [0.05, 0.1) is 5.69 Å². The molecule has 0 unspecified atom stereocenters. The molecule has 3 rings (SSSR count). The normalized spacial score (nSPS) is 10.8. The summed E-state index contributed by atoms with van der Waals surface area (Å²) in [6.07, 6.45) is 7.24. The number of aryl methyl sites for hydroxylation is 1. The van der Waals surface area contributed by atoms with Crippen molar-refractivity contribution in [1.29, 1.82) is 0 Å². The van der Waals surface area contributed by atoms with Gasteiger partial charge in [0.15, 0.2) is 5.65 Å². The van der Waals surface area contributed by atoms with Crippen LogP contribution in [0.3, 0.4) is 0 Å². The highest BCUT2D eigenvalue weighted by Crippen LogP contribution is 2.22. The van der Waals surface area contributed by atoms with Crippen LogP contribution in [0, 0.1) is 6.92 Å². The van der Waals surface area contributed by atoms with E-state index in [0.717, 1.165) is 22.5 Å². The minimum atomic E-state index is 0.890. The maximum Gasteiger partial charge on any atom is 0.158 e. The summed E-state index contributed by atoms with van der Waals surface area (Å²) in [6, 6.07) is 5.78. The van der Waals surface area contributed by atoms with Gasteiger partial charge in [-0.05, 0) is 25.1 Å². The number of rotatable bonds is 1. The topological polar surface area (TPSA) is 43.1 Å². The fourth-order valence-corrected chi connectivity index (χ4v) is 1.78. The monoisotopic (exact) mass is 210 g/mol. The van der Waals surface area contributed by atoms with Crippen LogP contribution in [-0.2, 0) is 0 Å². The molecule has 16 heavy (non-hydrogen) atoms. The lowest BCUT2D eigenvalue weighted by Crippen LogP contribution is -1.87. The van der Waals surface area contributed by atoms with Crippen molar-refractivity contribution in [3.8, 4) is 11.3 Å². The first kappa shape index (κ1) is 9.03. The van der Waals surface area contributed by atoms with E-state index >= 15 is 0 Å². The van der Waals surface area contributed by atoms with Gasteiger partial charge in [-0.3, -0.25) is 4.98 Å². The Kier molecular flexibility index (Phi) is 1.93. The Morgan fingerprint density at radius 3 is 2.88 bits per heavy atom. The predicted octanol–water partition coefficient (Wildman–Crippen LogP) is 2.10.